The quantitative estimate of drug-likeness (QED) is 0.338. The molecule has 0 atom stereocenters. The lowest BCUT2D eigenvalue weighted by molar-refractivity contribution is -0.139. The molecule has 0 amide bonds. The number of carbonyl (C=O) groups is 2. The molecule has 0 aliphatic carbocycles. The van der Waals surface area contributed by atoms with Gasteiger partial charge in [0, 0.05) is 37.7 Å². The van der Waals surface area contributed by atoms with E-state index in [1.165, 1.54) is 0 Å². The van der Waals surface area contributed by atoms with E-state index < -0.39 is 5.97 Å². The van der Waals surface area contributed by atoms with Gasteiger partial charge in [-0.2, -0.15) is 0 Å². The lowest BCUT2D eigenvalue weighted by Gasteiger charge is -2.06. The molecule has 0 aromatic rings. The van der Waals surface area contributed by atoms with Crippen molar-refractivity contribution < 1.29 is 23.8 Å². The molecule has 0 rings (SSSR count). The minimum atomic E-state index is -0.429. The Kier molecular flexibility index (Phi) is 9.58. The van der Waals surface area contributed by atoms with E-state index in [0.29, 0.717) is 44.8 Å². The molecule has 5 heteroatoms. The monoisotopic (exact) mass is 256 g/mol. The fourth-order valence-corrected chi connectivity index (χ4v) is 0.944. The van der Waals surface area contributed by atoms with Crippen LogP contribution in [0.4, 0.5) is 0 Å². The molecule has 0 heterocycles. The standard InChI is InChI=1S/C13H20O5/c1-4-12(14)17-9-5-7-16-8-6-10-18-13(15)11(2)3/h4H,1-2,5-10H2,3H3. The second kappa shape index (κ2) is 10.5. The van der Waals surface area contributed by atoms with Crippen LogP contribution in [0.2, 0.25) is 0 Å². The molecule has 0 aliphatic rings. The zero-order chi connectivity index (χ0) is 13.8. The highest BCUT2D eigenvalue weighted by molar-refractivity contribution is 5.86. The Bertz CT molecular complexity index is 296. The molecule has 0 aliphatic heterocycles. The van der Waals surface area contributed by atoms with Crippen LogP contribution in [0.3, 0.4) is 0 Å². The lowest BCUT2D eigenvalue weighted by atomic mass is 10.4. The minimum Gasteiger partial charge on any atom is -0.462 e. The van der Waals surface area contributed by atoms with Gasteiger partial charge in [0.05, 0.1) is 13.2 Å². The highest BCUT2D eigenvalue weighted by atomic mass is 16.5. The van der Waals surface area contributed by atoms with Gasteiger partial charge in [0.15, 0.2) is 0 Å². The van der Waals surface area contributed by atoms with E-state index in [4.69, 9.17) is 14.2 Å². The molecule has 0 saturated heterocycles. The van der Waals surface area contributed by atoms with Crippen molar-refractivity contribution in [1.29, 1.82) is 0 Å². The highest BCUT2D eigenvalue weighted by Gasteiger charge is 2.01. The molecule has 0 saturated carbocycles. The van der Waals surface area contributed by atoms with E-state index in [1.807, 2.05) is 0 Å². The average molecular weight is 256 g/mol. The second-order valence-electron chi connectivity index (χ2n) is 3.61. The van der Waals surface area contributed by atoms with Gasteiger partial charge in [0.25, 0.3) is 0 Å². The number of carbonyl (C=O) groups excluding carboxylic acids is 2. The fraction of sp³-hybridized carbons (Fsp3) is 0.538. The van der Waals surface area contributed by atoms with Crippen LogP contribution >= 0.6 is 0 Å². The van der Waals surface area contributed by atoms with Gasteiger partial charge >= 0.3 is 11.9 Å². The zero-order valence-corrected chi connectivity index (χ0v) is 10.8. The topological polar surface area (TPSA) is 61.8 Å². The van der Waals surface area contributed by atoms with E-state index >= 15 is 0 Å². The third-order valence-corrected chi connectivity index (χ3v) is 1.86. The Hall–Kier alpha value is -1.62. The first-order valence-corrected chi connectivity index (χ1v) is 5.77. The molecule has 5 nitrogen and oxygen atoms in total. The number of esters is 2. The van der Waals surface area contributed by atoms with E-state index in [0.717, 1.165) is 6.08 Å². The Balaban J connectivity index is 3.21. The highest BCUT2D eigenvalue weighted by Crippen LogP contribution is 1.94. The minimum absolute atomic E-state index is 0.315. The van der Waals surface area contributed by atoms with Crippen molar-refractivity contribution in [1.82, 2.24) is 0 Å². The van der Waals surface area contributed by atoms with Crippen molar-refractivity contribution in [2.75, 3.05) is 26.4 Å². The molecule has 0 bridgehead atoms. The van der Waals surface area contributed by atoms with E-state index in [1.54, 1.807) is 6.92 Å². The van der Waals surface area contributed by atoms with Crippen molar-refractivity contribution in [2.24, 2.45) is 0 Å². The first-order valence-electron chi connectivity index (χ1n) is 5.77. The maximum atomic E-state index is 11.0. The van der Waals surface area contributed by atoms with Crippen molar-refractivity contribution in [3.63, 3.8) is 0 Å². The molecule has 0 aromatic carbocycles. The zero-order valence-electron chi connectivity index (χ0n) is 10.8. The molecule has 102 valence electrons. The van der Waals surface area contributed by atoms with Crippen LogP contribution in [0.15, 0.2) is 24.8 Å². The summed E-state index contributed by atoms with van der Waals surface area (Å²) in [7, 11) is 0. The van der Waals surface area contributed by atoms with Gasteiger partial charge in [-0.1, -0.05) is 13.2 Å². The predicted molar refractivity (Wildman–Crippen MR) is 67.0 cm³/mol. The molecular weight excluding hydrogens is 236 g/mol. The maximum Gasteiger partial charge on any atom is 0.333 e. The van der Waals surface area contributed by atoms with Crippen LogP contribution < -0.4 is 0 Å². The first kappa shape index (κ1) is 16.4. The van der Waals surface area contributed by atoms with Crippen LogP contribution in [0.5, 0.6) is 0 Å². The first-order chi connectivity index (χ1) is 8.57. The van der Waals surface area contributed by atoms with Crippen LogP contribution in [0.1, 0.15) is 19.8 Å². The summed E-state index contributed by atoms with van der Waals surface area (Å²) in [6.45, 7) is 9.98. The summed E-state index contributed by atoms with van der Waals surface area (Å²) in [6.07, 6.45) is 2.38. The predicted octanol–water partition coefficient (Wildman–Crippen LogP) is 1.63. The van der Waals surface area contributed by atoms with Gasteiger partial charge in [-0.25, -0.2) is 9.59 Å². The molecule has 18 heavy (non-hydrogen) atoms. The molecular formula is C13H20O5. The summed E-state index contributed by atoms with van der Waals surface area (Å²) >= 11 is 0. The molecule has 0 unspecified atom stereocenters. The van der Waals surface area contributed by atoms with Crippen LogP contribution in [0.25, 0.3) is 0 Å². The Labute approximate surface area is 107 Å². The molecule has 0 spiro atoms. The smallest absolute Gasteiger partial charge is 0.333 e. The van der Waals surface area contributed by atoms with Crippen molar-refractivity contribution >= 4 is 11.9 Å². The number of rotatable bonds is 10. The van der Waals surface area contributed by atoms with Gasteiger partial charge in [0.1, 0.15) is 0 Å². The van der Waals surface area contributed by atoms with E-state index in [-0.39, 0.29) is 5.97 Å². The number of hydrogen-bond donors (Lipinski definition) is 0. The summed E-state index contributed by atoms with van der Waals surface area (Å²) in [5.41, 5.74) is 0.389. The van der Waals surface area contributed by atoms with Crippen LogP contribution in [0, 0.1) is 0 Å². The van der Waals surface area contributed by atoms with Crippen molar-refractivity contribution in [2.45, 2.75) is 19.8 Å². The summed E-state index contributed by atoms with van der Waals surface area (Å²) in [5.74, 6) is -0.812. The molecule has 0 radical (unpaired) electrons. The van der Waals surface area contributed by atoms with Crippen LogP contribution in [-0.2, 0) is 23.8 Å². The van der Waals surface area contributed by atoms with Gasteiger partial charge in [-0.05, 0) is 6.92 Å². The van der Waals surface area contributed by atoms with Crippen LogP contribution in [-0.4, -0.2) is 38.4 Å². The molecule has 0 aromatic heterocycles. The average Bonchev–Trinajstić information content (AvgIpc) is 2.35. The summed E-state index contributed by atoms with van der Waals surface area (Å²) in [4.78, 5) is 21.7. The van der Waals surface area contributed by atoms with Gasteiger partial charge in [-0.15, -0.1) is 0 Å². The molecule has 0 fully saturated rings. The van der Waals surface area contributed by atoms with E-state index in [9.17, 15) is 9.59 Å². The SMILES string of the molecule is C=CC(=O)OCCCOCCCOC(=O)C(=C)C. The lowest BCUT2D eigenvalue weighted by Crippen LogP contribution is -2.09. The Morgan fingerprint density at radius 1 is 1.06 bits per heavy atom. The normalized spacial score (nSPS) is 9.61. The summed E-state index contributed by atoms with van der Waals surface area (Å²) < 4.78 is 14.9. The van der Waals surface area contributed by atoms with Gasteiger partial charge in [-0.3, -0.25) is 0 Å². The van der Waals surface area contributed by atoms with Gasteiger partial charge < -0.3 is 14.2 Å². The Morgan fingerprint density at radius 2 is 1.61 bits per heavy atom. The van der Waals surface area contributed by atoms with Gasteiger partial charge in [0.2, 0.25) is 0 Å². The second-order valence-corrected chi connectivity index (χ2v) is 3.61. The van der Waals surface area contributed by atoms with Crippen molar-refractivity contribution in [3.8, 4) is 0 Å². The van der Waals surface area contributed by atoms with E-state index in [2.05, 4.69) is 13.2 Å². The number of hydrogen-bond acceptors (Lipinski definition) is 5. The fourth-order valence-electron chi connectivity index (χ4n) is 0.944. The third kappa shape index (κ3) is 9.59. The summed E-state index contributed by atoms with van der Waals surface area (Å²) in [5, 5.41) is 0. The maximum absolute atomic E-state index is 11.0. The Morgan fingerprint density at radius 3 is 2.11 bits per heavy atom. The molecule has 0 N–H and O–H groups in total. The largest absolute Gasteiger partial charge is 0.462 e. The number of ether oxygens (including phenoxy) is 3. The summed E-state index contributed by atoms with van der Waals surface area (Å²) in [6, 6.07) is 0. The third-order valence-electron chi connectivity index (χ3n) is 1.86. The van der Waals surface area contributed by atoms with Crippen molar-refractivity contribution in [3.05, 3.63) is 24.8 Å².